The fraction of sp³-hybridized carbons (Fsp3) is 0.650. The van der Waals surface area contributed by atoms with Gasteiger partial charge in [0.25, 0.3) is 0 Å². The number of hydrogen-bond acceptors (Lipinski definition) is 3. The maximum absolute atomic E-state index is 12.5. The van der Waals surface area contributed by atoms with Gasteiger partial charge in [-0.2, -0.15) is 0 Å². The molecule has 0 spiro atoms. The summed E-state index contributed by atoms with van der Waals surface area (Å²) in [7, 11) is 0. The fourth-order valence-corrected chi connectivity index (χ4v) is 5.31. The van der Waals surface area contributed by atoms with E-state index in [0.29, 0.717) is 17.5 Å². The van der Waals surface area contributed by atoms with Gasteiger partial charge in [-0.05, 0) is 48.5 Å². The van der Waals surface area contributed by atoms with Gasteiger partial charge in [0, 0.05) is 11.1 Å². The first-order valence-corrected chi connectivity index (χ1v) is 8.94. The highest BCUT2D eigenvalue weighted by Crippen LogP contribution is 2.60. The number of aromatic hydroxyl groups is 2. The summed E-state index contributed by atoms with van der Waals surface area (Å²) in [5.74, 6) is -1.18. The number of rotatable bonds is 2. The number of carboxylic acid groups (broad SMARTS) is 1. The number of phenolic OH excluding ortho intramolecular Hbond substituents is 2. The van der Waals surface area contributed by atoms with Crippen LogP contribution in [0.1, 0.15) is 76.0 Å². The molecule has 0 heterocycles. The summed E-state index contributed by atoms with van der Waals surface area (Å²) < 4.78 is 0. The molecule has 2 aliphatic carbocycles. The minimum absolute atomic E-state index is 0.0288. The molecule has 1 aromatic carbocycles. The van der Waals surface area contributed by atoms with Crippen LogP contribution in [0.5, 0.6) is 11.5 Å². The normalized spacial score (nSPS) is 28.3. The molecule has 0 bridgehead atoms. The summed E-state index contributed by atoms with van der Waals surface area (Å²) in [5, 5.41) is 31.5. The van der Waals surface area contributed by atoms with Gasteiger partial charge in [0.05, 0.1) is 5.41 Å². The number of fused-ring (bicyclic) bond motifs is 3. The number of aliphatic carboxylic acids is 1. The van der Waals surface area contributed by atoms with Gasteiger partial charge in [-0.3, -0.25) is 4.79 Å². The summed E-state index contributed by atoms with van der Waals surface area (Å²) in [4.78, 5) is 12.5. The Labute approximate surface area is 143 Å². The van der Waals surface area contributed by atoms with Crippen LogP contribution >= 0.6 is 0 Å². The van der Waals surface area contributed by atoms with Crippen LogP contribution in [0.4, 0.5) is 0 Å². The van der Waals surface area contributed by atoms with Crippen molar-refractivity contribution in [2.45, 2.75) is 71.1 Å². The molecule has 132 valence electrons. The molecule has 1 saturated carbocycles. The molecule has 0 aliphatic heterocycles. The Morgan fingerprint density at radius 3 is 2.46 bits per heavy atom. The molecule has 4 nitrogen and oxygen atoms in total. The summed E-state index contributed by atoms with van der Waals surface area (Å²) in [6.45, 7) is 8.20. The van der Waals surface area contributed by atoms with Crippen LogP contribution in [0.25, 0.3) is 0 Å². The van der Waals surface area contributed by atoms with Crippen molar-refractivity contribution in [1.82, 2.24) is 0 Å². The van der Waals surface area contributed by atoms with Crippen molar-refractivity contribution >= 4 is 5.97 Å². The first-order valence-electron chi connectivity index (χ1n) is 8.94. The summed E-state index contributed by atoms with van der Waals surface area (Å²) in [6, 6.07) is 1.91. The summed E-state index contributed by atoms with van der Waals surface area (Å²) in [5.41, 5.74) is 0.881. The van der Waals surface area contributed by atoms with Gasteiger partial charge in [0.2, 0.25) is 0 Å². The molecule has 3 N–H and O–H groups in total. The maximum Gasteiger partial charge on any atom is 0.314 e. The van der Waals surface area contributed by atoms with E-state index in [-0.39, 0.29) is 28.7 Å². The van der Waals surface area contributed by atoms with E-state index in [1.807, 2.05) is 19.9 Å². The lowest BCUT2D eigenvalue weighted by Gasteiger charge is -2.53. The third-order valence-electron chi connectivity index (χ3n) is 6.47. The van der Waals surface area contributed by atoms with Crippen LogP contribution in [0.2, 0.25) is 0 Å². The average Bonchev–Trinajstić information content (AvgIpc) is 2.49. The first-order chi connectivity index (χ1) is 11.1. The Morgan fingerprint density at radius 2 is 1.88 bits per heavy atom. The molecule has 3 rings (SSSR count). The molecule has 1 fully saturated rings. The second-order valence-corrected chi connectivity index (χ2v) is 8.56. The molecular formula is C20H28O4. The quantitative estimate of drug-likeness (QED) is 0.705. The SMILES string of the molecule is CC(C)c1cc2c(c(O)c1O)[C@]1(C(=O)O)CCCC(C)(C)[C@H]1CC2. The highest BCUT2D eigenvalue weighted by molar-refractivity contribution is 5.85. The van der Waals surface area contributed by atoms with Gasteiger partial charge in [-0.25, -0.2) is 0 Å². The lowest BCUT2D eigenvalue weighted by Crippen LogP contribution is -2.54. The van der Waals surface area contributed by atoms with Crippen LogP contribution in [0.15, 0.2) is 6.07 Å². The van der Waals surface area contributed by atoms with Crippen molar-refractivity contribution in [2.24, 2.45) is 11.3 Å². The minimum Gasteiger partial charge on any atom is -0.504 e. The molecule has 0 radical (unpaired) electrons. The Kier molecular flexibility index (Phi) is 3.85. The summed E-state index contributed by atoms with van der Waals surface area (Å²) >= 11 is 0. The molecule has 0 amide bonds. The van der Waals surface area contributed by atoms with Gasteiger partial charge in [0.1, 0.15) is 0 Å². The molecule has 2 atom stereocenters. The predicted octanol–water partition coefficient (Wildman–Crippen LogP) is 4.32. The molecule has 0 aromatic heterocycles. The number of carboxylic acids is 1. The highest BCUT2D eigenvalue weighted by atomic mass is 16.4. The maximum atomic E-state index is 12.5. The lowest BCUT2D eigenvalue weighted by atomic mass is 9.49. The topological polar surface area (TPSA) is 77.8 Å². The minimum atomic E-state index is -1.09. The van der Waals surface area contributed by atoms with Crippen molar-refractivity contribution in [3.63, 3.8) is 0 Å². The molecule has 0 unspecified atom stereocenters. The third-order valence-corrected chi connectivity index (χ3v) is 6.47. The zero-order valence-corrected chi connectivity index (χ0v) is 15.0. The number of phenols is 2. The van der Waals surface area contributed by atoms with Gasteiger partial charge < -0.3 is 15.3 Å². The zero-order chi connectivity index (χ0) is 17.9. The predicted molar refractivity (Wildman–Crippen MR) is 92.6 cm³/mol. The Bertz CT molecular complexity index is 689. The van der Waals surface area contributed by atoms with Gasteiger partial charge in [-0.1, -0.05) is 40.2 Å². The van der Waals surface area contributed by atoms with Crippen molar-refractivity contribution in [3.8, 4) is 11.5 Å². The van der Waals surface area contributed by atoms with E-state index in [1.54, 1.807) is 0 Å². The monoisotopic (exact) mass is 332 g/mol. The zero-order valence-electron chi connectivity index (χ0n) is 15.0. The van der Waals surface area contributed by atoms with E-state index in [1.165, 1.54) is 0 Å². The van der Waals surface area contributed by atoms with E-state index >= 15 is 0 Å². The second-order valence-electron chi connectivity index (χ2n) is 8.56. The van der Waals surface area contributed by atoms with Crippen LogP contribution in [0.3, 0.4) is 0 Å². The van der Waals surface area contributed by atoms with E-state index in [9.17, 15) is 20.1 Å². The van der Waals surface area contributed by atoms with E-state index < -0.39 is 11.4 Å². The Balaban J connectivity index is 2.31. The summed E-state index contributed by atoms with van der Waals surface area (Å²) in [6.07, 6.45) is 3.91. The third kappa shape index (κ3) is 2.15. The number of hydrogen-bond donors (Lipinski definition) is 3. The van der Waals surface area contributed by atoms with Crippen LogP contribution in [-0.2, 0) is 16.6 Å². The Hall–Kier alpha value is -1.71. The molecule has 1 aromatic rings. The number of carbonyl (C=O) groups is 1. The Morgan fingerprint density at radius 1 is 1.21 bits per heavy atom. The molecular weight excluding hydrogens is 304 g/mol. The van der Waals surface area contributed by atoms with Crippen molar-refractivity contribution in [2.75, 3.05) is 0 Å². The van der Waals surface area contributed by atoms with Gasteiger partial charge >= 0.3 is 5.97 Å². The van der Waals surface area contributed by atoms with Crippen molar-refractivity contribution in [1.29, 1.82) is 0 Å². The first kappa shape index (κ1) is 17.1. The van der Waals surface area contributed by atoms with E-state index in [0.717, 1.165) is 31.2 Å². The molecule has 4 heteroatoms. The standard InChI is InChI=1S/C20H28O4/c1-11(2)13-10-12-6-7-14-19(3,4)8-5-9-20(14,18(23)24)15(12)17(22)16(13)21/h10-11,14,21-22H,5-9H2,1-4H3,(H,23,24)/t14-,20+/m1/s1. The van der Waals surface area contributed by atoms with Gasteiger partial charge in [0.15, 0.2) is 11.5 Å². The number of aryl methyl sites for hydroxylation is 1. The average molecular weight is 332 g/mol. The van der Waals surface area contributed by atoms with E-state index in [4.69, 9.17) is 0 Å². The fourth-order valence-electron chi connectivity index (χ4n) is 5.31. The number of benzene rings is 1. The van der Waals surface area contributed by atoms with Gasteiger partial charge in [-0.15, -0.1) is 0 Å². The largest absolute Gasteiger partial charge is 0.504 e. The molecule has 24 heavy (non-hydrogen) atoms. The highest BCUT2D eigenvalue weighted by Gasteiger charge is 2.58. The van der Waals surface area contributed by atoms with Crippen molar-refractivity contribution in [3.05, 3.63) is 22.8 Å². The molecule has 2 aliphatic rings. The smallest absolute Gasteiger partial charge is 0.314 e. The lowest BCUT2D eigenvalue weighted by molar-refractivity contribution is -0.152. The van der Waals surface area contributed by atoms with Crippen LogP contribution in [0, 0.1) is 11.3 Å². The van der Waals surface area contributed by atoms with E-state index in [2.05, 4.69) is 13.8 Å². The van der Waals surface area contributed by atoms with Crippen molar-refractivity contribution < 1.29 is 20.1 Å². The molecule has 0 saturated heterocycles. The van der Waals surface area contributed by atoms with Crippen LogP contribution in [-0.4, -0.2) is 21.3 Å². The second kappa shape index (κ2) is 5.40. The van der Waals surface area contributed by atoms with Crippen LogP contribution < -0.4 is 0 Å².